The lowest BCUT2D eigenvalue weighted by atomic mass is 10.8. The fourth-order valence-corrected chi connectivity index (χ4v) is 1.84. The first-order valence-corrected chi connectivity index (χ1v) is 5.33. The van der Waals surface area contributed by atoms with Crippen LogP contribution in [-0.4, -0.2) is 34.0 Å². The molecule has 12 heavy (non-hydrogen) atoms. The van der Waals surface area contributed by atoms with Gasteiger partial charge in [-0.1, -0.05) is 4.89 Å². The van der Waals surface area contributed by atoms with Crippen LogP contribution in [0.2, 0.25) is 0 Å². The molecule has 0 atom stereocenters. The van der Waals surface area contributed by atoms with E-state index in [2.05, 4.69) is 9.57 Å². The first kappa shape index (κ1) is 9.91. The minimum absolute atomic E-state index is 0.236. The van der Waals surface area contributed by atoms with Gasteiger partial charge in [-0.15, -0.1) is 0 Å². The van der Waals surface area contributed by atoms with Crippen molar-refractivity contribution in [2.75, 3.05) is 20.3 Å². The standard InChI is InChI=1S/C6H13NO4S/c1-10-4-5-11-7-12(8,9)6-2-3-6/h6-7H,2-5H2,1H3. The molecule has 5 nitrogen and oxygen atoms in total. The molecule has 0 aromatic heterocycles. The van der Waals surface area contributed by atoms with E-state index in [1.54, 1.807) is 0 Å². The van der Waals surface area contributed by atoms with E-state index in [0.717, 1.165) is 12.8 Å². The molecule has 1 aliphatic carbocycles. The van der Waals surface area contributed by atoms with Crippen molar-refractivity contribution in [2.24, 2.45) is 0 Å². The average Bonchev–Trinajstić information content (AvgIpc) is 2.80. The lowest BCUT2D eigenvalue weighted by Crippen LogP contribution is -2.28. The van der Waals surface area contributed by atoms with E-state index in [1.807, 2.05) is 4.89 Å². The predicted octanol–water partition coefficient (Wildman–Crippen LogP) is -0.354. The van der Waals surface area contributed by atoms with Crippen molar-refractivity contribution in [2.45, 2.75) is 18.1 Å². The molecular formula is C6H13NO4S. The third-order valence-corrected chi connectivity index (χ3v) is 3.23. The maximum absolute atomic E-state index is 11.1. The Morgan fingerprint density at radius 2 is 2.08 bits per heavy atom. The van der Waals surface area contributed by atoms with Crippen molar-refractivity contribution in [1.29, 1.82) is 0 Å². The average molecular weight is 195 g/mol. The first-order chi connectivity index (χ1) is 5.67. The van der Waals surface area contributed by atoms with Crippen LogP contribution in [0.3, 0.4) is 0 Å². The van der Waals surface area contributed by atoms with Crippen LogP contribution < -0.4 is 4.89 Å². The SMILES string of the molecule is COCCONS(=O)(=O)C1CC1. The summed E-state index contributed by atoms with van der Waals surface area (Å²) in [7, 11) is -1.67. The second kappa shape index (κ2) is 4.18. The van der Waals surface area contributed by atoms with E-state index in [9.17, 15) is 8.42 Å². The number of methoxy groups -OCH3 is 1. The molecule has 0 amide bonds. The molecule has 0 radical (unpaired) electrons. The minimum atomic E-state index is -3.20. The van der Waals surface area contributed by atoms with E-state index in [0.29, 0.717) is 6.61 Å². The Hall–Kier alpha value is -0.170. The molecule has 0 bridgehead atoms. The summed E-state index contributed by atoms with van der Waals surface area (Å²) in [4.78, 5) is 6.73. The number of sulfonamides is 1. The Morgan fingerprint density at radius 1 is 1.42 bits per heavy atom. The molecule has 1 aliphatic rings. The molecule has 0 heterocycles. The van der Waals surface area contributed by atoms with Gasteiger partial charge in [0.1, 0.15) is 0 Å². The normalized spacial score (nSPS) is 18.1. The largest absolute Gasteiger partial charge is 0.382 e. The molecule has 1 saturated carbocycles. The summed E-state index contributed by atoms with van der Waals surface area (Å²) in [5.41, 5.74) is 0. The number of ether oxygens (including phenoxy) is 1. The molecule has 6 heteroatoms. The fourth-order valence-electron chi connectivity index (χ4n) is 0.695. The van der Waals surface area contributed by atoms with Gasteiger partial charge in [-0.25, -0.2) is 8.42 Å². The predicted molar refractivity (Wildman–Crippen MR) is 42.9 cm³/mol. The highest BCUT2D eigenvalue weighted by Gasteiger charge is 2.35. The Kier molecular flexibility index (Phi) is 3.45. The van der Waals surface area contributed by atoms with Crippen LogP contribution in [0.5, 0.6) is 0 Å². The smallest absolute Gasteiger partial charge is 0.236 e. The van der Waals surface area contributed by atoms with Gasteiger partial charge >= 0.3 is 0 Å². The van der Waals surface area contributed by atoms with Crippen molar-refractivity contribution in [3.05, 3.63) is 0 Å². The lowest BCUT2D eigenvalue weighted by molar-refractivity contribution is 0.0438. The second-order valence-corrected chi connectivity index (χ2v) is 4.59. The first-order valence-electron chi connectivity index (χ1n) is 3.78. The molecule has 0 unspecified atom stereocenters. The quantitative estimate of drug-likeness (QED) is 0.464. The summed E-state index contributed by atoms with van der Waals surface area (Å²) >= 11 is 0. The zero-order chi connectivity index (χ0) is 9.03. The lowest BCUT2D eigenvalue weighted by Gasteiger charge is -2.04. The zero-order valence-electron chi connectivity index (χ0n) is 6.95. The van der Waals surface area contributed by atoms with Crippen molar-refractivity contribution in [3.8, 4) is 0 Å². The van der Waals surface area contributed by atoms with E-state index in [1.165, 1.54) is 7.11 Å². The summed E-state index contributed by atoms with van der Waals surface area (Å²) in [5, 5.41) is -0.236. The topological polar surface area (TPSA) is 64.6 Å². The molecular weight excluding hydrogens is 182 g/mol. The van der Waals surface area contributed by atoms with Crippen LogP contribution in [0.4, 0.5) is 0 Å². The van der Waals surface area contributed by atoms with Crippen molar-refractivity contribution < 1.29 is 18.0 Å². The van der Waals surface area contributed by atoms with Gasteiger partial charge < -0.3 is 4.74 Å². The number of nitrogens with one attached hydrogen (secondary N) is 1. The van der Waals surface area contributed by atoms with Crippen LogP contribution >= 0.6 is 0 Å². The van der Waals surface area contributed by atoms with Crippen molar-refractivity contribution in [1.82, 2.24) is 4.89 Å². The van der Waals surface area contributed by atoms with Gasteiger partial charge in [-0.3, -0.25) is 4.84 Å². The molecule has 0 saturated heterocycles. The molecule has 1 fully saturated rings. The van der Waals surface area contributed by atoms with E-state index in [-0.39, 0.29) is 11.9 Å². The fraction of sp³-hybridized carbons (Fsp3) is 1.00. The van der Waals surface area contributed by atoms with Crippen molar-refractivity contribution >= 4 is 10.0 Å². The highest BCUT2D eigenvalue weighted by molar-refractivity contribution is 7.90. The molecule has 0 aliphatic heterocycles. The highest BCUT2D eigenvalue weighted by atomic mass is 32.2. The van der Waals surface area contributed by atoms with E-state index < -0.39 is 10.0 Å². The van der Waals surface area contributed by atoms with Gasteiger partial charge in [0.05, 0.1) is 18.5 Å². The molecule has 0 aromatic carbocycles. The number of rotatable bonds is 6. The summed E-state index contributed by atoms with van der Waals surface area (Å²) in [6, 6.07) is 0. The van der Waals surface area contributed by atoms with Crippen molar-refractivity contribution in [3.63, 3.8) is 0 Å². The summed E-state index contributed by atoms with van der Waals surface area (Å²) in [5.74, 6) is 0. The van der Waals surface area contributed by atoms with Gasteiger partial charge in [0.15, 0.2) is 0 Å². The Bertz CT molecular complexity index is 222. The number of hydrogen-bond donors (Lipinski definition) is 1. The number of hydrogen-bond acceptors (Lipinski definition) is 4. The highest BCUT2D eigenvalue weighted by Crippen LogP contribution is 2.27. The van der Waals surface area contributed by atoms with E-state index in [4.69, 9.17) is 0 Å². The Balaban J connectivity index is 2.13. The van der Waals surface area contributed by atoms with Crippen LogP contribution in [0.1, 0.15) is 12.8 Å². The van der Waals surface area contributed by atoms with Crippen LogP contribution in [0, 0.1) is 0 Å². The molecule has 1 N–H and O–H groups in total. The molecule has 0 spiro atoms. The maximum Gasteiger partial charge on any atom is 0.236 e. The van der Waals surface area contributed by atoms with Gasteiger partial charge in [0, 0.05) is 7.11 Å². The molecule has 1 rings (SSSR count). The monoisotopic (exact) mass is 195 g/mol. The Morgan fingerprint density at radius 3 is 2.58 bits per heavy atom. The molecule has 0 aromatic rings. The van der Waals surface area contributed by atoms with Gasteiger partial charge in [0.2, 0.25) is 10.0 Å². The van der Waals surface area contributed by atoms with E-state index >= 15 is 0 Å². The van der Waals surface area contributed by atoms with Gasteiger partial charge in [-0.05, 0) is 12.8 Å². The maximum atomic E-state index is 11.1. The Labute approximate surface area is 72.0 Å². The summed E-state index contributed by atoms with van der Waals surface area (Å²) in [6.07, 6.45) is 1.48. The summed E-state index contributed by atoms with van der Waals surface area (Å²) < 4.78 is 26.8. The second-order valence-electron chi connectivity index (χ2n) is 2.67. The van der Waals surface area contributed by atoms with Crippen LogP contribution in [-0.2, 0) is 19.6 Å². The van der Waals surface area contributed by atoms with Gasteiger partial charge in [-0.2, -0.15) is 0 Å². The van der Waals surface area contributed by atoms with Crippen LogP contribution in [0.25, 0.3) is 0 Å². The van der Waals surface area contributed by atoms with Gasteiger partial charge in [0.25, 0.3) is 0 Å². The third-order valence-electron chi connectivity index (χ3n) is 1.53. The van der Waals surface area contributed by atoms with Crippen LogP contribution in [0.15, 0.2) is 0 Å². The third kappa shape index (κ3) is 3.06. The summed E-state index contributed by atoms with van der Waals surface area (Å²) in [6.45, 7) is 0.621. The molecule has 72 valence electrons. The zero-order valence-corrected chi connectivity index (χ0v) is 7.76. The minimum Gasteiger partial charge on any atom is -0.382 e.